The fourth-order valence-corrected chi connectivity index (χ4v) is 2.98. The van der Waals surface area contributed by atoms with Crippen LogP contribution in [0.25, 0.3) is 0 Å². The molecular weight excluding hydrogens is 215 g/mol. The van der Waals surface area contributed by atoms with Crippen LogP contribution in [0.4, 0.5) is 0 Å². The van der Waals surface area contributed by atoms with Crippen LogP contribution in [0, 0.1) is 6.92 Å². The predicted octanol–water partition coefficient (Wildman–Crippen LogP) is 1.57. The summed E-state index contributed by atoms with van der Waals surface area (Å²) in [5.41, 5.74) is 3.54. The van der Waals surface area contributed by atoms with Crippen LogP contribution in [0.5, 0.6) is 0 Å². The van der Waals surface area contributed by atoms with Crippen LogP contribution in [0.15, 0.2) is 24.3 Å². The zero-order valence-electron chi connectivity index (χ0n) is 7.32. The van der Waals surface area contributed by atoms with Gasteiger partial charge in [-0.25, -0.2) is 0 Å². The van der Waals surface area contributed by atoms with Crippen molar-refractivity contribution in [3.05, 3.63) is 35.4 Å². The van der Waals surface area contributed by atoms with E-state index in [1.165, 1.54) is 5.71 Å². The van der Waals surface area contributed by atoms with E-state index in [1.807, 2.05) is 31.2 Å². The van der Waals surface area contributed by atoms with Gasteiger partial charge in [-0.2, -0.15) is 0 Å². The second kappa shape index (κ2) is 3.51. The quantitative estimate of drug-likeness (QED) is 0.780. The summed E-state index contributed by atoms with van der Waals surface area (Å²) < 4.78 is 20.3. The molecule has 0 aromatic heterocycles. The van der Waals surface area contributed by atoms with Gasteiger partial charge in [-0.05, 0) is 0 Å². The first-order chi connectivity index (χ1) is 5.47. The van der Waals surface area contributed by atoms with E-state index in [0.717, 1.165) is 11.1 Å². The van der Waals surface area contributed by atoms with E-state index < -0.39 is 13.8 Å². The number of rotatable bonds is 2. The van der Waals surface area contributed by atoms with Gasteiger partial charge >= 0.3 is 74.9 Å². The summed E-state index contributed by atoms with van der Waals surface area (Å²) >= 11 is -3.48. The van der Waals surface area contributed by atoms with Gasteiger partial charge in [0.25, 0.3) is 0 Å². The first-order valence-electron chi connectivity index (χ1n) is 3.82. The molecule has 0 heterocycles. The maximum absolute atomic E-state index is 11.1. The van der Waals surface area contributed by atoms with Crippen molar-refractivity contribution < 1.29 is 7.84 Å². The summed E-state index contributed by atoms with van der Waals surface area (Å²) in [5, 5.41) is 0.333. The van der Waals surface area contributed by atoms with Crippen molar-refractivity contribution in [2.24, 2.45) is 0 Å². The molecule has 0 amide bonds. The topological polar surface area (TPSA) is 37.3 Å². The Morgan fingerprint density at radius 2 is 2.17 bits per heavy atom. The average Bonchev–Trinajstić information content (AvgIpc) is 1.82. The molecule has 1 aromatic carbocycles. The third-order valence-electron chi connectivity index (χ3n) is 1.56. The molecule has 0 spiro atoms. The monoisotopic (exact) mass is 228 g/mol. The van der Waals surface area contributed by atoms with Crippen molar-refractivity contribution in [2.45, 2.75) is 17.8 Å². The van der Waals surface area contributed by atoms with Crippen LogP contribution < -0.4 is 0 Å². The summed E-state index contributed by atoms with van der Waals surface area (Å²) in [6, 6.07) is 7.73. The minimum absolute atomic E-state index is 0.333. The predicted molar refractivity (Wildman–Crippen MR) is 49.4 cm³/mol. The molecule has 0 aliphatic heterocycles. The summed E-state index contributed by atoms with van der Waals surface area (Å²) in [6.07, 6.45) is 0. The Bertz CT molecular complexity index is 314. The van der Waals surface area contributed by atoms with Crippen LogP contribution in [0.2, 0.25) is 5.71 Å². The fraction of sp³-hybridized carbons (Fsp3) is 0.333. The first kappa shape index (κ1) is 9.63. The molecule has 0 aliphatic carbocycles. The minimum atomic E-state index is -3.48. The van der Waals surface area contributed by atoms with Crippen LogP contribution >= 0.6 is 0 Å². The molecule has 1 N–H and O–H groups in total. The Morgan fingerprint density at radius 3 is 2.67 bits per heavy atom. The standard InChI is InChI=1S/C9H13AsO2/c1-8-4-3-5-9(6-8)7-10(2,11)12/h3-6H,7H2,1-2H3,(H,11,12). The average molecular weight is 228 g/mol. The molecule has 0 radical (unpaired) electrons. The van der Waals surface area contributed by atoms with Crippen molar-refractivity contribution in [3.63, 3.8) is 0 Å². The molecule has 0 fully saturated rings. The molecule has 1 aromatic rings. The van der Waals surface area contributed by atoms with E-state index in [2.05, 4.69) is 0 Å². The van der Waals surface area contributed by atoms with Crippen LogP contribution in [-0.2, 0) is 8.95 Å². The number of hydrogen-bond donors (Lipinski definition) is 1. The molecule has 66 valence electrons. The number of aryl methyl sites for hydroxylation is 1. The number of hydrogen-bond acceptors (Lipinski definition) is 1. The van der Waals surface area contributed by atoms with Crippen molar-refractivity contribution in [1.82, 2.24) is 0 Å². The molecule has 0 saturated heterocycles. The molecule has 1 atom stereocenters. The summed E-state index contributed by atoms with van der Waals surface area (Å²) in [6.45, 7) is 1.98. The van der Waals surface area contributed by atoms with E-state index in [4.69, 9.17) is 0 Å². The fourth-order valence-electron chi connectivity index (χ4n) is 1.15. The Balaban J connectivity index is 2.84. The Kier molecular flexibility index (Phi) is 2.81. The van der Waals surface area contributed by atoms with E-state index in [1.54, 1.807) is 0 Å². The zero-order valence-corrected chi connectivity index (χ0v) is 9.20. The van der Waals surface area contributed by atoms with E-state index in [0.29, 0.717) is 5.21 Å². The number of benzene rings is 1. The van der Waals surface area contributed by atoms with Gasteiger partial charge in [-0.3, -0.25) is 0 Å². The molecule has 12 heavy (non-hydrogen) atoms. The van der Waals surface area contributed by atoms with Crippen molar-refractivity contribution in [1.29, 1.82) is 0 Å². The molecule has 3 heteroatoms. The molecule has 0 aliphatic rings. The third kappa shape index (κ3) is 3.29. The van der Waals surface area contributed by atoms with E-state index in [-0.39, 0.29) is 0 Å². The van der Waals surface area contributed by atoms with Crippen LogP contribution in [-0.4, -0.2) is 17.9 Å². The van der Waals surface area contributed by atoms with Gasteiger partial charge in [0.2, 0.25) is 0 Å². The second-order valence-corrected chi connectivity index (χ2v) is 8.27. The normalized spacial score (nSPS) is 15.6. The van der Waals surface area contributed by atoms with Gasteiger partial charge in [0, 0.05) is 0 Å². The Morgan fingerprint density at radius 1 is 1.50 bits per heavy atom. The van der Waals surface area contributed by atoms with Gasteiger partial charge in [0.15, 0.2) is 0 Å². The van der Waals surface area contributed by atoms with Gasteiger partial charge in [-0.15, -0.1) is 0 Å². The molecule has 1 unspecified atom stereocenters. The van der Waals surface area contributed by atoms with E-state index in [9.17, 15) is 7.84 Å². The van der Waals surface area contributed by atoms with E-state index >= 15 is 0 Å². The summed E-state index contributed by atoms with van der Waals surface area (Å²) in [7, 11) is 0. The van der Waals surface area contributed by atoms with Gasteiger partial charge in [-0.1, -0.05) is 0 Å². The Hall–Kier alpha value is -0.462. The van der Waals surface area contributed by atoms with Gasteiger partial charge < -0.3 is 0 Å². The SMILES string of the molecule is Cc1cccc(C[As](C)(=O)O)c1. The first-order valence-corrected chi connectivity index (χ1v) is 8.63. The van der Waals surface area contributed by atoms with Crippen LogP contribution in [0.1, 0.15) is 11.1 Å². The van der Waals surface area contributed by atoms with Gasteiger partial charge in [0.1, 0.15) is 0 Å². The maximum atomic E-state index is 11.1. The van der Waals surface area contributed by atoms with Crippen molar-refractivity contribution >= 4 is 13.8 Å². The molecular formula is C9H13AsO2. The van der Waals surface area contributed by atoms with Crippen molar-refractivity contribution in [2.75, 3.05) is 0 Å². The summed E-state index contributed by atoms with van der Waals surface area (Å²) in [5.74, 6) is 0. The molecule has 0 bridgehead atoms. The third-order valence-corrected chi connectivity index (χ3v) is 3.56. The van der Waals surface area contributed by atoms with Gasteiger partial charge in [0.05, 0.1) is 0 Å². The zero-order chi connectivity index (χ0) is 9.19. The van der Waals surface area contributed by atoms with Crippen molar-refractivity contribution in [3.8, 4) is 0 Å². The molecule has 1 rings (SSSR count). The molecule has 0 saturated carbocycles. The molecule has 2 nitrogen and oxygen atoms in total. The van der Waals surface area contributed by atoms with Crippen LogP contribution in [0.3, 0.4) is 0 Å². The second-order valence-electron chi connectivity index (χ2n) is 3.20. The Labute approximate surface area is 75.3 Å². The summed E-state index contributed by atoms with van der Waals surface area (Å²) in [4.78, 5) is 0.